The third kappa shape index (κ3) is 6.75. The van der Waals surface area contributed by atoms with Crippen molar-refractivity contribution in [3.8, 4) is 0 Å². The van der Waals surface area contributed by atoms with Crippen LogP contribution in [-0.2, 0) is 4.79 Å². The van der Waals surface area contributed by atoms with Gasteiger partial charge in [-0.3, -0.25) is 4.79 Å². The second kappa shape index (κ2) is 10.4. The van der Waals surface area contributed by atoms with E-state index in [1.165, 1.54) is 18.2 Å². The lowest BCUT2D eigenvalue weighted by atomic mass is 9.85. The van der Waals surface area contributed by atoms with Crippen LogP contribution in [0, 0.1) is 5.82 Å². The first-order valence-electron chi connectivity index (χ1n) is 10.5. The summed E-state index contributed by atoms with van der Waals surface area (Å²) >= 11 is 0. The molecule has 5 heteroatoms. The second-order valence-corrected chi connectivity index (χ2v) is 7.97. The first-order valence-corrected chi connectivity index (χ1v) is 10.5. The van der Waals surface area contributed by atoms with Gasteiger partial charge in [-0.25, -0.2) is 4.39 Å². The maximum atomic E-state index is 13.5. The van der Waals surface area contributed by atoms with Crippen LogP contribution in [0.3, 0.4) is 0 Å². The topological polar surface area (TPSA) is 17.1 Å². The zero-order valence-electron chi connectivity index (χ0n) is 18.0. The van der Waals surface area contributed by atoms with Crippen LogP contribution in [0.4, 0.5) is 17.6 Å². The van der Waals surface area contributed by atoms with Crippen LogP contribution in [0.15, 0.2) is 120 Å². The molecule has 33 heavy (non-hydrogen) atoms. The predicted octanol–water partition coefficient (Wildman–Crippen LogP) is 7.80. The van der Waals surface area contributed by atoms with E-state index in [0.717, 1.165) is 17.7 Å². The number of Topliss-reactive ketones (excluding diaryl/α,β-unsaturated/α-hetero) is 1. The van der Waals surface area contributed by atoms with Gasteiger partial charge in [-0.2, -0.15) is 13.2 Å². The Bertz CT molecular complexity index is 1120. The molecule has 1 aromatic rings. The number of halogens is 4. The molecule has 2 aliphatic carbocycles. The van der Waals surface area contributed by atoms with Crippen LogP contribution in [0.25, 0.3) is 0 Å². The standard InChI is InChI=1S/C28H24F4O/c1-19-4-3-5-23(10-6-19)27(33)26(22-11-15-25(29)16-12-22)17-9-21-8-14-24(28(30,31)32)13-7-20(2)18-21/h3-6,8,10-16,18,26H,1-2,7,9,17H2/b14-8-,21-18+,24-13-. The van der Waals surface area contributed by atoms with E-state index in [0.29, 0.717) is 35.1 Å². The molecule has 1 unspecified atom stereocenters. The molecule has 1 nitrogen and oxygen atoms in total. The fourth-order valence-electron chi connectivity index (χ4n) is 3.64. The van der Waals surface area contributed by atoms with E-state index >= 15 is 0 Å². The summed E-state index contributed by atoms with van der Waals surface area (Å²) in [6.07, 6.45) is 10.4. The third-order valence-electron chi connectivity index (χ3n) is 5.44. The predicted molar refractivity (Wildman–Crippen MR) is 124 cm³/mol. The molecule has 0 saturated carbocycles. The smallest absolute Gasteiger partial charge is 0.293 e. The van der Waals surface area contributed by atoms with Gasteiger partial charge in [-0.15, -0.1) is 0 Å². The maximum absolute atomic E-state index is 13.5. The average molecular weight is 452 g/mol. The van der Waals surface area contributed by atoms with Crippen molar-refractivity contribution in [1.29, 1.82) is 0 Å². The summed E-state index contributed by atoms with van der Waals surface area (Å²) in [5.74, 6) is -1.15. The zero-order valence-corrected chi connectivity index (χ0v) is 18.0. The van der Waals surface area contributed by atoms with Crippen molar-refractivity contribution in [3.05, 3.63) is 131 Å². The van der Waals surface area contributed by atoms with Gasteiger partial charge in [0, 0.05) is 11.5 Å². The van der Waals surface area contributed by atoms with E-state index in [-0.39, 0.29) is 12.2 Å². The highest BCUT2D eigenvalue weighted by molar-refractivity contribution is 6.03. The van der Waals surface area contributed by atoms with Crippen LogP contribution in [0.2, 0.25) is 0 Å². The van der Waals surface area contributed by atoms with Crippen LogP contribution in [0.1, 0.15) is 30.7 Å². The Hall–Kier alpha value is -3.47. The first-order chi connectivity index (χ1) is 15.6. The van der Waals surface area contributed by atoms with E-state index in [9.17, 15) is 22.4 Å². The Morgan fingerprint density at radius 1 is 1.00 bits per heavy atom. The molecule has 0 saturated heterocycles. The summed E-state index contributed by atoms with van der Waals surface area (Å²) in [6, 6.07) is 5.73. The molecule has 2 aliphatic rings. The fourth-order valence-corrected chi connectivity index (χ4v) is 3.64. The summed E-state index contributed by atoms with van der Waals surface area (Å²) < 4.78 is 53.0. The molecule has 0 spiro atoms. The molecular weight excluding hydrogens is 428 g/mol. The lowest BCUT2D eigenvalue weighted by molar-refractivity contribution is -0.116. The Kier molecular flexibility index (Phi) is 7.64. The van der Waals surface area contributed by atoms with Crippen molar-refractivity contribution in [1.82, 2.24) is 0 Å². The van der Waals surface area contributed by atoms with Crippen molar-refractivity contribution in [2.75, 3.05) is 0 Å². The van der Waals surface area contributed by atoms with Gasteiger partial charge in [0.05, 0.1) is 5.57 Å². The molecule has 0 amide bonds. The van der Waals surface area contributed by atoms with Crippen molar-refractivity contribution in [2.45, 2.75) is 31.4 Å². The van der Waals surface area contributed by atoms with Gasteiger partial charge < -0.3 is 0 Å². The molecule has 0 radical (unpaired) electrons. The molecule has 0 bridgehead atoms. The quantitative estimate of drug-likeness (QED) is 0.403. The van der Waals surface area contributed by atoms with Crippen LogP contribution >= 0.6 is 0 Å². The molecule has 1 atom stereocenters. The first kappa shape index (κ1) is 24.2. The highest BCUT2D eigenvalue weighted by atomic mass is 19.4. The number of hydrogen-bond donors (Lipinski definition) is 0. The van der Waals surface area contributed by atoms with Crippen molar-refractivity contribution < 1.29 is 22.4 Å². The lowest BCUT2D eigenvalue weighted by Crippen LogP contribution is -2.15. The number of hydrogen-bond acceptors (Lipinski definition) is 1. The largest absolute Gasteiger partial charge is 0.416 e. The molecule has 0 aliphatic heterocycles. The van der Waals surface area contributed by atoms with Gasteiger partial charge in [-0.1, -0.05) is 85.5 Å². The van der Waals surface area contributed by atoms with Crippen molar-refractivity contribution in [3.63, 3.8) is 0 Å². The number of alkyl halides is 3. The molecule has 3 rings (SSSR count). The monoisotopic (exact) mass is 452 g/mol. The third-order valence-corrected chi connectivity index (χ3v) is 5.44. The highest BCUT2D eigenvalue weighted by Crippen LogP contribution is 2.32. The van der Waals surface area contributed by atoms with E-state index in [4.69, 9.17) is 0 Å². The van der Waals surface area contributed by atoms with Gasteiger partial charge in [0.1, 0.15) is 5.82 Å². The van der Waals surface area contributed by atoms with Crippen molar-refractivity contribution in [2.24, 2.45) is 0 Å². The minimum atomic E-state index is -4.44. The number of carbonyl (C=O) groups is 1. The zero-order chi connectivity index (χ0) is 24.0. The molecule has 0 fully saturated rings. The van der Waals surface area contributed by atoms with Gasteiger partial charge in [-0.05, 0) is 48.1 Å². The SMILES string of the molecule is C=C1C=CC=C(C(=O)C(CCC2=C/C(=C)C/C=C(C(F)(F)F)/C=C\2)c2ccc(F)cc2)C=C1. The van der Waals surface area contributed by atoms with E-state index in [2.05, 4.69) is 13.2 Å². The molecule has 0 heterocycles. The summed E-state index contributed by atoms with van der Waals surface area (Å²) in [4.78, 5) is 13.4. The lowest BCUT2D eigenvalue weighted by Gasteiger charge is -2.18. The summed E-state index contributed by atoms with van der Waals surface area (Å²) in [5.41, 5.74) is 2.36. The van der Waals surface area contributed by atoms with E-state index in [1.807, 2.05) is 0 Å². The number of carbonyl (C=O) groups excluding carboxylic acids is 1. The Morgan fingerprint density at radius 2 is 1.73 bits per heavy atom. The highest BCUT2D eigenvalue weighted by Gasteiger charge is 2.31. The second-order valence-electron chi connectivity index (χ2n) is 7.97. The summed E-state index contributed by atoms with van der Waals surface area (Å²) in [5, 5.41) is 0. The van der Waals surface area contributed by atoms with Crippen LogP contribution < -0.4 is 0 Å². The molecular formula is C28H24F4O. The normalized spacial score (nSPS) is 21.6. The average Bonchev–Trinajstić information content (AvgIpc) is 2.96. The van der Waals surface area contributed by atoms with Gasteiger partial charge in [0.15, 0.2) is 5.78 Å². The number of allylic oxidation sites excluding steroid dienone is 14. The molecule has 0 aromatic heterocycles. The minimum absolute atomic E-state index is 0.0942. The molecule has 0 N–H and O–H groups in total. The summed E-state index contributed by atoms with van der Waals surface area (Å²) in [7, 11) is 0. The summed E-state index contributed by atoms with van der Waals surface area (Å²) in [6.45, 7) is 7.70. The van der Waals surface area contributed by atoms with Crippen LogP contribution in [-0.4, -0.2) is 12.0 Å². The molecule has 1 aromatic carbocycles. The van der Waals surface area contributed by atoms with Gasteiger partial charge >= 0.3 is 6.18 Å². The van der Waals surface area contributed by atoms with Gasteiger partial charge in [0.25, 0.3) is 0 Å². The Labute approximate surface area is 191 Å². The van der Waals surface area contributed by atoms with Crippen molar-refractivity contribution >= 4 is 5.78 Å². The Morgan fingerprint density at radius 3 is 2.42 bits per heavy atom. The number of rotatable bonds is 6. The molecule has 170 valence electrons. The number of ketones is 1. The number of benzene rings is 1. The van der Waals surface area contributed by atoms with Gasteiger partial charge in [0.2, 0.25) is 0 Å². The Balaban J connectivity index is 1.87. The fraction of sp³-hybridized carbons (Fsp3) is 0.179. The van der Waals surface area contributed by atoms with E-state index in [1.54, 1.807) is 48.6 Å². The maximum Gasteiger partial charge on any atom is 0.416 e. The minimum Gasteiger partial charge on any atom is -0.293 e. The van der Waals surface area contributed by atoms with E-state index < -0.39 is 23.5 Å². The van der Waals surface area contributed by atoms with Crippen LogP contribution in [0.5, 0.6) is 0 Å².